The SMILES string of the molecule is Cc1cccc(/C=C/NC(=O)N2CCCC(C)C2)c1. The summed E-state index contributed by atoms with van der Waals surface area (Å²) in [6, 6.07) is 8.20. The first-order valence-corrected chi connectivity index (χ1v) is 6.94. The summed E-state index contributed by atoms with van der Waals surface area (Å²) in [6.07, 6.45) is 5.99. The van der Waals surface area contributed by atoms with Crippen molar-refractivity contribution >= 4 is 12.1 Å². The number of hydrogen-bond donors (Lipinski definition) is 1. The summed E-state index contributed by atoms with van der Waals surface area (Å²) in [4.78, 5) is 13.9. The Hall–Kier alpha value is -1.77. The van der Waals surface area contributed by atoms with Gasteiger partial charge in [0, 0.05) is 19.3 Å². The minimum absolute atomic E-state index is 0.00968. The van der Waals surface area contributed by atoms with Gasteiger partial charge in [0.1, 0.15) is 0 Å². The van der Waals surface area contributed by atoms with Crippen molar-refractivity contribution in [1.29, 1.82) is 0 Å². The van der Waals surface area contributed by atoms with Crippen molar-refractivity contribution in [1.82, 2.24) is 10.2 Å². The first-order chi connectivity index (χ1) is 9.15. The first kappa shape index (κ1) is 13.7. The van der Waals surface area contributed by atoms with E-state index in [9.17, 15) is 4.79 Å². The smallest absolute Gasteiger partial charge is 0.321 e. The summed E-state index contributed by atoms with van der Waals surface area (Å²) in [7, 11) is 0. The number of nitrogens with one attached hydrogen (secondary N) is 1. The molecule has 0 saturated carbocycles. The van der Waals surface area contributed by atoms with Gasteiger partial charge in [-0.15, -0.1) is 0 Å². The van der Waals surface area contributed by atoms with Crippen LogP contribution in [-0.2, 0) is 0 Å². The van der Waals surface area contributed by atoms with Crippen LogP contribution in [0.2, 0.25) is 0 Å². The van der Waals surface area contributed by atoms with E-state index in [0.29, 0.717) is 5.92 Å². The molecule has 0 spiro atoms. The largest absolute Gasteiger partial charge is 0.324 e. The van der Waals surface area contributed by atoms with Gasteiger partial charge in [0.15, 0.2) is 0 Å². The van der Waals surface area contributed by atoms with Crippen LogP contribution >= 0.6 is 0 Å². The first-order valence-electron chi connectivity index (χ1n) is 6.94. The summed E-state index contributed by atoms with van der Waals surface area (Å²) in [5.74, 6) is 0.611. The molecule has 0 aromatic heterocycles. The quantitative estimate of drug-likeness (QED) is 0.866. The number of hydrogen-bond acceptors (Lipinski definition) is 1. The number of benzene rings is 1. The van der Waals surface area contributed by atoms with Gasteiger partial charge in [-0.3, -0.25) is 0 Å². The lowest BCUT2D eigenvalue weighted by Crippen LogP contribution is -2.43. The van der Waals surface area contributed by atoms with E-state index in [-0.39, 0.29) is 6.03 Å². The molecule has 1 N–H and O–H groups in total. The molecular formula is C16H22N2O. The van der Waals surface area contributed by atoms with E-state index in [1.807, 2.05) is 23.1 Å². The monoisotopic (exact) mass is 258 g/mol. The molecule has 102 valence electrons. The van der Waals surface area contributed by atoms with Crippen molar-refractivity contribution in [3.63, 3.8) is 0 Å². The molecule has 0 aliphatic carbocycles. The van der Waals surface area contributed by atoms with Gasteiger partial charge < -0.3 is 10.2 Å². The second-order valence-corrected chi connectivity index (χ2v) is 5.39. The van der Waals surface area contributed by atoms with Gasteiger partial charge in [-0.25, -0.2) is 4.79 Å². The minimum atomic E-state index is 0.00968. The molecule has 1 unspecified atom stereocenters. The molecule has 1 aliphatic rings. The molecule has 3 heteroatoms. The van der Waals surface area contributed by atoms with E-state index in [1.165, 1.54) is 12.0 Å². The highest BCUT2D eigenvalue weighted by atomic mass is 16.2. The fourth-order valence-electron chi connectivity index (χ4n) is 2.45. The van der Waals surface area contributed by atoms with Crippen LogP contribution in [0.25, 0.3) is 6.08 Å². The number of nitrogens with zero attached hydrogens (tertiary/aromatic N) is 1. The van der Waals surface area contributed by atoms with Crippen molar-refractivity contribution in [2.75, 3.05) is 13.1 Å². The molecule has 2 amide bonds. The van der Waals surface area contributed by atoms with Crippen LogP contribution < -0.4 is 5.32 Å². The highest BCUT2D eigenvalue weighted by molar-refractivity contribution is 5.76. The van der Waals surface area contributed by atoms with Crippen LogP contribution in [0.5, 0.6) is 0 Å². The standard InChI is InChI=1S/C16H22N2O/c1-13-5-3-7-15(11-13)8-9-17-16(19)18-10-4-6-14(2)12-18/h3,5,7-9,11,14H,4,6,10,12H2,1-2H3,(H,17,19)/b9-8+. The number of carbonyl (C=O) groups excluding carboxylic acids is 1. The van der Waals surface area contributed by atoms with Gasteiger partial charge in [0.25, 0.3) is 0 Å². The van der Waals surface area contributed by atoms with E-state index >= 15 is 0 Å². The van der Waals surface area contributed by atoms with E-state index in [4.69, 9.17) is 0 Å². The van der Waals surface area contributed by atoms with Gasteiger partial charge >= 0.3 is 6.03 Å². The van der Waals surface area contributed by atoms with Crippen molar-refractivity contribution in [2.24, 2.45) is 5.92 Å². The molecule has 1 atom stereocenters. The molecule has 0 bridgehead atoms. The number of carbonyl (C=O) groups is 1. The van der Waals surface area contributed by atoms with E-state index in [0.717, 1.165) is 25.1 Å². The van der Waals surface area contributed by atoms with Crippen molar-refractivity contribution in [2.45, 2.75) is 26.7 Å². The Morgan fingerprint density at radius 3 is 3.05 bits per heavy atom. The average molecular weight is 258 g/mol. The number of aryl methyl sites for hydroxylation is 1. The highest BCUT2D eigenvalue weighted by Gasteiger charge is 2.19. The molecule has 19 heavy (non-hydrogen) atoms. The summed E-state index contributed by atoms with van der Waals surface area (Å²) in [6.45, 7) is 5.99. The van der Waals surface area contributed by atoms with E-state index in [1.54, 1.807) is 6.20 Å². The Bertz CT molecular complexity index is 468. The molecule has 1 aromatic carbocycles. The Morgan fingerprint density at radius 2 is 2.32 bits per heavy atom. The zero-order chi connectivity index (χ0) is 13.7. The Balaban J connectivity index is 1.86. The lowest BCUT2D eigenvalue weighted by Gasteiger charge is -2.30. The maximum Gasteiger partial charge on any atom is 0.321 e. The Labute approximate surface area is 115 Å². The van der Waals surface area contributed by atoms with Crippen LogP contribution in [0.4, 0.5) is 4.79 Å². The zero-order valence-corrected chi connectivity index (χ0v) is 11.7. The lowest BCUT2D eigenvalue weighted by molar-refractivity contribution is 0.173. The van der Waals surface area contributed by atoms with Gasteiger partial charge in [0.2, 0.25) is 0 Å². The predicted octanol–water partition coefficient (Wildman–Crippen LogP) is 3.41. The van der Waals surface area contributed by atoms with Crippen LogP contribution in [0.1, 0.15) is 30.9 Å². The third-order valence-electron chi connectivity index (χ3n) is 3.47. The van der Waals surface area contributed by atoms with Crippen LogP contribution in [0.3, 0.4) is 0 Å². The summed E-state index contributed by atoms with van der Waals surface area (Å²) in [5.41, 5.74) is 2.32. The van der Waals surface area contributed by atoms with Gasteiger partial charge in [0.05, 0.1) is 0 Å². The van der Waals surface area contributed by atoms with Gasteiger partial charge in [-0.05, 0) is 37.3 Å². The average Bonchev–Trinajstić information content (AvgIpc) is 2.38. The molecule has 1 fully saturated rings. The summed E-state index contributed by atoms with van der Waals surface area (Å²) < 4.78 is 0. The summed E-state index contributed by atoms with van der Waals surface area (Å²) >= 11 is 0. The number of likely N-dealkylation sites (tertiary alicyclic amines) is 1. The molecule has 2 rings (SSSR count). The Morgan fingerprint density at radius 1 is 1.47 bits per heavy atom. The summed E-state index contributed by atoms with van der Waals surface area (Å²) in [5, 5.41) is 2.85. The van der Waals surface area contributed by atoms with Crippen LogP contribution in [0, 0.1) is 12.8 Å². The maximum absolute atomic E-state index is 12.0. The minimum Gasteiger partial charge on any atom is -0.324 e. The maximum atomic E-state index is 12.0. The fourth-order valence-corrected chi connectivity index (χ4v) is 2.45. The van der Waals surface area contributed by atoms with Crippen molar-refractivity contribution in [3.05, 3.63) is 41.6 Å². The zero-order valence-electron chi connectivity index (χ0n) is 11.7. The second kappa shape index (κ2) is 6.41. The van der Waals surface area contributed by atoms with Gasteiger partial charge in [-0.1, -0.05) is 36.8 Å². The molecule has 3 nitrogen and oxygen atoms in total. The third kappa shape index (κ3) is 4.12. The highest BCUT2D eigenvalue weighted by Crippen LogP contribution is 2.15. The van der Waals surface area contributed by atoms with Crippen molar-refractivity contribution in [3.8, 4) is 0 Å². The molecular weight excluding hydrogens is 236 g/mol. The number of amides is 2. The number of rotatable bonds is 2. The van der Waals surface area contributed by atoms with Crippen molar-refractivity contribution < 1.29 is 4.79 Å². The lowest BCUT2D eigenvalue weighted by atomic mass is 10.0. The number of piperidine rings is 1. The van der Waals surface area contributed by atoms with Gasteiger partial charge in [-0.2, -0.15) is 0 Å². The molecule has 1 aliphatic heterocycles. The molecule has 0 radical (unpaired) electrons. The predicted molar refractivity (Wildman–Crippen MR) is 78.7 cm³/mol. The molecule has 1 aromatic rings. The molecule has 1 saturated heterocycles. The normalized spacial score (nSPS) is 19.7. The van der Waals surface area contributed by atoms with Crippen LogP contribution in [0.15, 0.2) is 30.5 Å². The third-order valence-corrected chi connectivity index (χ3v) is 3.47. The molecule has 1 heterocycles. The fraction of sp³-hybridized carbons (Fsp3) is 0.438. The second-order valence-electron chi connectivity index (χ2n) is 5.39. The number of urea groups is 1. The topological polar surface area (TPSA) is 32.3 Å². The van der Waals surface area contributed by atoms with E-state index < -0.39 is 0 Å². The van der Waals surface area contributed by atoms with E-state index in [2.05, 4.69) is 31.3 Å². The van der Waals surface area contributed by atoms with Crippen LogP contribution in [-0.4, -0.2) is 24.0 Å². The Kier molecular flexibility index (Phi) is 4.61.